The fourth-order valence-corrected chi connectivity index (χ4v) is 2.29. The smallest absolute Gasteiger partial charge is 0.234 e. The van der Waals surface area contributed by atoms with Crippen LogP contribution in [0.25, 0.3) is 10.9 Å². The summed E-state index contributed by atoms with van der Waals surface area (Å²) in [6.45, 7) is 1.87. The Kier molecular flexibility index (Phi) is 4.62. The van der Waals surface area contributed by atoms with E-state index in [0.717, 1.165) is 22.2 Å². The Morgan fingerprint density at radius 3 is 2.58 bits per heavy atom. The van der Waals surface area contributed by atoms with Crippen molar-refractivity contribution in [2.45, 2.75) is 6.92 Å². The molecule has 3 rings (SSSR count). The molecule has 0 saturated carbocycles. The lowest BCUT2D eigenvalue weighted by atomic mass is 10.1. The van der Waals surface area contributed by atoms with E-state index in [1.54, 1.807) is 0 Å². The summed E-state index contributed by atoms with van der Waals surface area (Å²) in [5, 5.41) is 22.9. The third-order valence-corrected chi connectivity index (χ3v) is 3.58. The second-order valence-electron chi connectivity index (χ2n) is 5.05. The van der Waals surface area contributed by atoms with Gasteiger partial charge in [0, 0.05) is 5.39 Å². The van der Waals surface area contributed by atoms with E-state index in [9.17, 15) is 5.11 Å². The molecular weight excluding hydrogens is 322 g/mol. The molecule has 0 aliphatic carbocycles. The number of aromatic nitrogens is 1. The number of hydrazone groups is 1. The molecule has 0 aliphatic rings. The normalized spacial score (nSPS) is 12.0. The summed E-state index contributed by atoms with van der Waals surface area (Å²) in [4.78, 5) is 2.83. The number of azo groups is 1. The standard InChI is InChI=1S/C17H15N5OS/c1-11(12-7-3-2-4-8-12)19-21-17(24)22-20-15-13-9-5-6-10-14(13)18-16(15)23/h2-10,18,23H,1H3,(H,21,24). The van der Waals surface area contributed by atoms with Gasteiger partial charge in [-0.15, -0.1) is 10.2 Å². The van der Waals surface area contributed by atoms with Crippen molar-refractivity contribution in [3.8, 4) is 5.88 Å². The van der Waals surface area contributed by atoms with Crippen LogP contribution in [-0.4, -0.2) is 20.9 Å². The van der Waals surface area contributed by atoms with Crippen LogP contribution in [0.4, 0.5) is 5.69 Å². The van der Waals surface area contributed by atoms with Gasteiger partial charge in [-0.2, -0.15) is 5.10 Å². The summed E-state index contributed by atoms with van der Waals surface area (Å²) in [6.07, 6.45) is 0. The maximum absolute atomic E-state index is 9.91. The number of hydrogen-bond acceptors (Lipinski definition) is 4. The van der Waals surface area contributed by atoms with Crippen LogP contribution in [-0.2, 0) is 0 Å². The molecule has 0 amide bonds. The van der Waals surface area contributed by atoms with Gasteiger partial charge >= 0.3 is 0 Å². The van der Waals surface area contributed by atoms with E-state index >= 15 is 0 Å². The molecule has 0 aliphatic heterocycles. The molecule has 1 aromatic heterocycles. The Balaban J connectivity index is 1.72. The van der Waals surface area contributed by atoms with Gasteiger partial charge in [0.15, 0.2) is 5.69 Å². The van der Waals surface area contributed by atoms with Crippen LogP contribution in [0.5, 0.6) is 5.88 Å². The van der Waals surface area contributed by atoms with Crippen LogP contribution in [0.1, 0.15) is 12.5 Å². The van der Waals surface area contributed by atoms with Crippen LogP contribution >= 0.6 is 12.2 Å². The van der Waals surface area contributed by atoms with Gasteiger partial charge in [-0.1, -0.05) is 48.5 Å². The summed E-state index contributed by atoms with van der Waals surface area (Å²) < 4.78 is 0. The third kappa shape index (κ3) is 3.47. The average molecular weight is 337 g/mol. The van der Waals surface area contributed by atoms with Crippen molar-refractivity contribution in [1.82, 2.24) is 10.4 Å². The zero-order valence-electron chi connectivity index (χ0n) is 12.9. The molecule has 0 fully saturated rings. The molecule has 7 heteroatoms. The number of benzene rings is 2. The van der Waals surface area contributed by atoms with E-state index < -0.39 is 0 Å². The van der Waals surface area contributed by atoms with E-state index in [-0.39, 0.29) is 11.0 Å². The summed E-state index contributed by atoms with van der Waals surface area (Å²) in [6, 6.07) is 17.1. The van der Waals surface area contributed by atoms with Crippen molar-refractivity contribution in [3.63, 3.8) is 0 Å². The summed E-state index contributed by atoms with van der Waals surface area (Å²) >= 11 is 5.09. The predicted molar refractivity (Wildman–Crippen MR) is 98.9 cm³/mol. The van der Waals surface area contributed by atoms with Gasteiger partial charge in [0.25, 0.3) is 0 Å². The topological polar surface area (TPSA) is 85.1 Å². The number of aromatic hydroxyl groups is 1. The van der Waals surface area contributed by atoms with Crippen molar-refractivity contribution < 1.29 is 5.11 Å². The van der Waals surface area contributed by atoms with Gasteiger partial charge in [-0.25, -0.2) is 0 Å². The highest BCUT2D eigenvalue weighted by atomic mass is 32.1. The third-order valence-electron chi connectivity index (χ3n) is 3.41. The first-order chi connectivity index (χ1) is 11.6. The minimum absolute atomic E-state index is 0.0493. The van der Waals surface area contributed by atoms with Crippen molar-refractivity contribution in [2.75, 3.05) is 0 Å². The molecule has 0 unspecified atom stereocenters. The number of H-pyrrole nitrogens is 1. The maximum atomic E-state index is 9.91. The van der Waals surface area contributed by atoms with Crippen molar-refractivity contribution in [1.29, 1.82) is 0 Å². The maximum Gasteiger partial charge on any atom is 0.234 e. The number of para-hydroxylation sites is 1. The monoisotopic (exact) mass is 337 g/mol. The van der Waals surface area contributed by atoms with Crippen molar-refractivity contribution in [2.24, 2.45) is 15.3 Å². The number of nitrogens with zero attached hydrogens (tertiary/aromatic N) is 3. The zero-order valence-corrected chi connectivity index (χ0v) is 13.7. The quantitative estimate of drug-likeness (QED) is 0.289. The second kappa shape index (κ2) is 7.01. The number of aromatic amines is 1. The van der Waals surface area contributed by atoms with Gasteiger partial charge in [0.05, 0.1) is 11.2 Å². The molecule has 3 aromatic rings. The first kappa shape index (κ1) is 15.8. The first-order valence-electron chi connectivity index (χ1n) is 7.26. The van der Waals surface area contributed by atoms with Gasteiger partial charge in [-0.05, 0) is 30.8 Å². The number of fused-ring (bicyclic) bond motifs is 1. The Morgan fingerprint density at radius 2 is 1.79 bits per heavy atom. The van der Waals surface area contributed by atoms with Crippen LogP contribution in [0.2, 0.25) is 0 Å². The molecule has 0 atom stereocenters. The Hall–Kier alpha value is -3.06. The van der Waals surface area contributed by atoms with Gasteiger partial charge in [0.2, 0.25) is 11.0 Å². The molecule has 3 N–H and O–H groups in total. The average Bonchev–Trinajstić information content (AvgIpc) is 2.93. The molecule has 1 heterocycles. The van der Waals surface area contributed by atoms with E-state index in [0.29, 0.717) is 5.69 Å². The SMILES string of the molecule is CC(=NNC(=S)N=Nc1c(O)[nH]c2ccccc12)c1ccccc1. The number of hydrogen-bond donors (Lipinski definition) is 3. The van der Waals surface area contributed by atoms with Crippen LogP contribution < -0.4 is 5.43 Å². The summed E-state index contributed by atoms with van der Waals surface area (Å²) in [5.41, 5.74) is 5.57. The number of rotatable bonds is 3. The van der Waals surface area contributed by atoms with Gasteiger partial charge in [0.1, 0.15) is 0 Å². The number of nitrogens with one attached hydrogen (secondary N) is 2. The molecule has 0 radical (unpaired) electrons. The van der Waals surface area contributed by atoms with Gasteiger partial charge in [-0.3, -0.25) is 5.43 Å². The molecule has 6 nitrogen and oxygen atoms in total. The van der Waals surface area contributed by atoms with Crippen molar-refractivity contribution >= 4 is 39.6 Å². The molecule has 0 spiro atoms. The summed E-state index contributed by atoms with van der Waals surface area (Å²) in [7, 11) is 0. The second-order valence-corrected chi connectivity index (χ2v) is 5.43. The van der Waals surface area contributed by atoms with E-state index in [4.69, 9.17) is 12.2 Å². The highest BCUT2D eigenvalue weighted by Crippen LogP contribution is 2.35. The Morgan fingerprint density at radius 1 is 1.08 bits per heavy atom. The van der Waals surface area contributed by atoms with Crippen LogP contribution in [0.15, 0.2) is 69.9 Å². The number of thiocarbonyl (C=S) groups is 1. The zero-order chi connectivity index (χ0) is 16.9. The lowest BCUT2D eigenvalue weighted by Gasteiger charge is -2.01. The molecule has 0 bridgehead atoms. The minimum Gasteiger partial charge on any atom is -0.493 e. The van der Waals surface area contributed by atoms with Crippen molar-refractivity contribution in [3.05, 3.63) is 60.2 Å². The fourth-order valence-electron chi connectivity index (χ4n) is 2.21. The molecular formula is C17H15N5OS. The highest BCUT2D eigenvalue weighted by Gasteiger charge is 2.09. The van der Waals surface area contributed by atoms with Crippen LogP contribution in [0.3, 0.4) is 0 Å². The fraction of sp³-hybridized carbons (Fsp3) is 0.0588. The van der Waals surface area contributed by atoms with E-state index in [1.807, 2.05) is 61.5 Å². The molecule has 24 heavy (non-hydrogen) atoms. The largest absolute Gasteiger partial charge is 0.493 e. The van der Waals surface area contributed by atoms with Crippen LogP contribution in [0, 0.1) is 0 Å². The molecule has 2 aromatic carbocycles. The molecule has 120 valence electrons. The lowest BCUT2D eigenvalue weighted by Crippen LogP contribution is -2.14. The summed E-state index contributed by atoms with van der Waals surface area (Å²) in [5.74, 6) is -0.0493. The predicted octanol–water partition coefficient (Wildman–Crippen LogP) is 4.26. The van der Waals surface area contributed by atoms with E-state index in [2.05, 4.69) is 25.7 Å². The van der Waals surface area contributed by atoms with Gasteiger partial charge < -0.3 is 10.1 Å². The first-order valence-corrected chi connectivity index (χ1v) is 7.67. The Bertz CT molecular complexity index is 931. The Labute approximate surface area is 143 Å². The van der Waals surface area contributed by atoms with E-state index in [1.165, 1.54) is 0 Å². The minimum atomic E-state index is -0.0493. The highest BCUT2D eigenvalue weighted by molar-refractivity contribution is 7.80. The molecule has 0 saturated heterocycles. The lowest BCUT2D eigenvalue weighted by molar-refractivity contribution is 0.459.